The Kier molecular flexibility index (Phi) is 2.03. The van der Waals surface area contributed by atoms with E-state index in [0.29, 0.717) is 0 Å². The Labute approximate surface area is 147 Å². The van der Waals surface area contributed by atoms with Crippen LogP contribution in [0.1, 0.15) is 0 Å². The predicted molar refractivity (Wildman–Crippen MR) is 108 cm³/mol. The standard InChI is InChI=1S/C23H13N3/c1-2-10-18-13(5-1)15-7-3-8-16-14-6-4-9-17-20(14)21-19(26(18)22(15)16)11-12-24-23(21)25-17/h1-12H,(H,24,25). The Morgan fingerprint density at radius 2 is 1.42 bits per heavy atom. The molecule has 120 valence electrons. The summed E-state index contributed by atoms with van der Waals surface area (Å²) in [6.45, 7) is 0. The molecule has 1 N–H and O–H groups in total. The molecular weight excluding hydrogens is 318 g/mol. The topological polar surface area (TPSA) is 33.1 Å². The molecule has 0 unspecified atom stereocenters. The molecule has 26 heavy (non-hydrogen) atoms. The highest BCUT2D eigenvalue weighted by Gasteiger charge is 2.18. The van der Waals surface area contributed by atoms with E-state index in [1.807, 2.05) is 6.20 Å². The van der Waals surface area contributed by atoms with Crippen molar-refractivity contribution in [3.63, 3.8) is 0 Å². The van der Waals surface area contributed by atoms with E-state index in [1.54, 1.807) is 0 Å². The van der Waals surface area contributed by atoms with E-state index in [2.05, 4.69) is 81.1 Å². The van der Waals surface area contributed by atoms with Crippen LogP contribution in [0.2, 0.25) is 0 Å². The Balaban J connectivity index is 2.07. The minimum Gasteiger partial charge on any atom is -0.339 e. The second kappa shape index (κ2) is 4.14. The highest BCUT2D eigenvalue weighted by atomic mass is 14.9. The van der Waals surface area contributed by atoms with Crippen molar-refractivity contribution < 1.29 is 0 Å². The van der Waals surface area contributed by atoms with E-state index < -0.39 is 0 Å². The van der Waals surface area contributed by atoms with Gasteiger partial charge in [-0.25, -0.2) is 4.98 Å². The summed E-state index contributed by atoms with van der Waals surface area (Å²) in [7, 11) is 0. The average molecular weight is 331 g/mol. The number of fused-ring (bicyclic) bond motifs is 5. The van der Waals surface area contributed by atoms with Crippen molar-refractivity contribution in [1.29, 1.82) is 0 Å². The van der Waals surface area contributed by atoms with Crippen LogP contribution in [0.15, 0.2) is 72.9 Å². The van der Waals surface area contributed by atoms with E-state index in [4.69, 9.17) is 0 Å². The van der Waals surface area contributed by atoms with Gasteiger partial charge >= 0.3 is 0 Å². The molecule has 4 heterocycles. The zero-order chi connectivity index (χ0) is 16.8. The van der Waals surface area contributed by atoms with Gasteiger partial charge in [-0.3, -0.25) is 0 Å². The first-order valence-electron chi connectivity index (χ1n) is 8.84. The maximum atomic E-state index is 4.62. The maximum absolute atomic E-state index is 4.62. The van der Waals surface area contributed by atoms with Crippen molar-refractivity contribution in [1.82, 2.24) is 14.4 Å². The Morgan fingerprint density at radius 1 is 0.654 bits per heavy atom. The van der Waals surface area contributed by atoms with E-state index >= 15 is 0 Å². The third-order valence-corrected chi connectivity index (χ3v) is 5.72. The molecule has 0 saturated carbocycles. The van der Waals surface area contributed by atoms with Crippen molar-refractivity contribution >= 4 is 60.0 Å². The lowest BCUT2D eigenvalue weighted by Gasteiger charge is -2.00. The van der Waals surface area contributed by atoms with Gasteiger partial charge in [-0.2, -0.15) is 0 Å². The first-order chi connectivity index (χ1) is 12.9. The molecule has 0 fully saturated rings. The minimum absolute atomic E-state index is 0.948. The summed E-state index contributed by atoms with van der Waals surface area (Å²) < 4.78 is 2.41. The molecule has 0 amide bonds. The van der Waals surface area contributed by atoms with Gasteiger partial charge in [-0.15, -0.1) is 0 Å². The van der Waals surface area contributed by atoms with Crippen LogP contribution >= 0.6 is 0 Å². The molecule has 4 aromatic heterocycles. The number of hydrogen-bond donors (Lipinski definition) is 1. The van der Waals surface area contributed by atoms with Crippen LogP contribution in [-0.4, -0.2) is 14.4 Å². The molecule has 0 aliphatic heterocycles. The fourth-order valence-corrected chi connectivity index (χ4v) is 4.74. The number of nitrogens with one attached hydrogen (secondary N) is 1. The summed E-state index contributed by atoms with van der Waals surface area (Å²) >= 11 is 0. The SMILES string of the molecule is c1cc2[nH]c3nccc4c3c2c(c1)c1cccc2c3ccccc3n4c12. The highest BCUT2D eigenvalue weighted by Crippen LogP contribution is 2.41. The van der Waals surface area contributed by atoms with E-state index in [1.165, 1.54) is 48.9 Å². The maximum Gasteiger partial charge on any atom is 0.140 e. The van der Waals surface area contributed by atoms with Crippen LogP contribution in [0.5, 0.6) is 0 Å². The molecule has 3 aromatic carbocycles. The van der Waals surface area contributed by atoms with Crippen LogP contribution in [0.3, 0.4) is 0 Å². The first-order valence-corrected chi connectivity index (χ1v) is 8.84. The molecule has 0 atom stereocenters. The molecular formula is C23H13N3. The largest absolute Gasteiger partial charge is 0.339 e. The predicted octanol–water partition coefficient (Wildman–Crippen LogP) is 5.87. The molecule has 0 aliphatic carbocycles. The van der Waals surface area contributed by atoms with Gasteiger partial charge < -0.3 is 9.38 Å². The van der Waals surface area contributed by atoms with E-state index in [0.717, 1.165) is 11.2 Å². The second-order valence-electron chi connectivity index (χ2n) is 6.96. The number of hydrogen-bond acceptors (Lipinski definition) is 1. The van der Waals surface area contributed by atoms with Gasteiger partial charge in [0.2, 0.25) is 0 Å². The third kappa shape index (κ3) is 1.28. The van der Waals surface area contributed by atoms with Crippen LogP contribution in [-0.2, 0) is 0 Å². The number of benzene rings is 3. The van der Waals surface area contributed by atoms with Crippen molar-refractivity contribution in [2.24, 2.45) is 0 Å². The van der Waals surface area contributed by atoms with Gasteiger partial charge in [-0.05, 0) is 23.6 Å². The Bertz CT molecular complexity index is 1630. The number of aromatic nitrogens is 3. The molecule has 7 aromatic rings. The normalized spacial score (nSPS) is 12.6. The smallest absolute Gasteiger partial charge is 0.140 e. The van der Waals surface area contributed by atoms with Crippen molar-refractivity contribution in [3.8, 4) is 0 Å². The molecule has 3 nitrogen and oxygen atoms in total. The number of pyridine rings is 1. The Morgan fingerprint density at radius 3 is 2.38 bits per heavy atom. The molecule has 7 rings (SSSR count). The first kappa shape index (κ1) is 12.7. The zero-order valence-electron chi connectivity index (χ0n) is 13.8. The lowest BCUT2D eigenvalue weighted by Crippen LogP contribution is -1.86. The second-order valence-corrected chi connectivity index (χ2v) is 6.96. The van der Waals surface area contributed by atoms with Crippen LogP contribution < -0.4 is 0 Å². The van der Waals surface area contributed by atoms with Gasteiger partial charge in [0.05, 0.1) is 21.9 Å². The lowest BCUT2D eigenvalue weighted by atomic mass is 10.0. The number of nitrogens with zero attached hydrogens (tertiary/aromatic N) is 2. The summed E-state index contributed by atoms with van der Waals surface area (Å²) in [5.41, 5.74) is 5.81. The summed E-state index contributed by atoms with van der Waals surface area (Å²) in [5, 5.41) is 7.62. The van der Waals surface area contributed by atoms with Gasteiger partial charge in [-0.1, -0.05) is 48.5 Å². The summed E-state index contributed by atoms with van der Waals surface area (Å²) in [5.74, 6) is 0. The summed E-state index contributed by atoms with van der Waals surface area (Å²) in [6.07, 6.45) is 1.90. The number of H-pyrrole nitrogens is 1. The molecule has 0 bridgehead atoms. The molecule has 0 aliphatic rings. The third-order valence-electron chi connectivity index (χ3n) is 5.72. The summed E-state index contributed by atoms with van der Waals surface area (Å²) in [4.78, 5) is 8.12. The van der Waals surface area contributed by atoms with Gasteiger partial charge in [0.1, 0.15) is 5.65 Å². The van der Waals surface area contributed by atoms with Crippen molar-refractivity contribution in [3.05, 3.63) is 72.9 Å². The monoisotopic (exact) mass is 331 g/mol. The highest BCUT2D eigenvalue weighted by molar-refractivity contribution is 6.30. The fraction of sp³-hybridized carbons (Fsp3) is 0. The van der Waals surface area contributed by atoms with Crippen molar-refractivity contribution in [2.75, 3.05) is 0 Å². The van der Waals surface area contributed by atoms with Crippen LogP contribution in [0, 0.1) is 0 Å². The number of aromatic amines is 1. The minimum atomic E-state index is 0.948. The molecule has 0 spiro atoms. The van der Waals surface area contributed by atoms with Crippen LogP contribution in [0.4, 0.5) is 0 Å². The van der Waals surface area contributed by atoms with Gasteiger partial charge in [0.15, 0.2) is 0 Å². The fourth-order valence-electron chi connectivity index (χ4n) is 4.74. The molecule has 0 radical (unpaired) electrons. The number of rotatable bonds is 0. The summed E-state index contributed by atoms with van der Waals surface area (Å²) in [6, 6.07) is 24.0. The average Bonchev–Trinajstić information content (AvgIpc) is 3.19. The van der Waals surface area contributed by atoms with Crippen LogP contribution in [0.25, 0.3) is 60.0 Å². The van der Waals surface area contributed by atoms with Gasteiger partial charge in [0, 0.05) is 33.3 Å². The zero-order valence-corrected chi connectivity index (χ0v) is 13.8. The van der Waals surface area contributed by atoms with E-state index in [-0.39, 0.29) is 0 Å². The molecule has 0 saturated heterocycles. The quantitative estimate of drug-likeness (QED) is 0.370. The van der Waals surface area contributed by atoms with E-state index in [9.17, 15) is 0 Å². The number of para-hydroxylation sites is 2. The van der Waals surface area contributed by atoms with Crippen molar-refractivity contribution in [2.45, 2.75) is 0 Å². The van der Waals surface area contributed by atoms with Gasteiger partial charge in [0.25, 0.3) is 0 Å². The molecule has 3 heteroatoms. The Hall–Kier alpha value is -3.59. The lowest BCUT2D eigenvalue weighted by molar-refractivity contribution is 1.31.